The first-order valence-corrected chi connectivity index (χ1v) is 9.22. The molecule has 5 heteroatoms. The average molecular weight is 385 g/mol. The topological polar surface area (TPSA) is 72.3 Å². The molecule has 144 valence electrons. The lowest BCUT2D eigenvalue weighted by atomic mass is 9.99. The molecule has 4 rings (SSSR count). The summed E-state index contributed by atoms with van der Waals surface area (Å²) in [6.45, 7) is 1.82. The molecule has 2 aromatic heterocycles. The number of Topliss-reactive ketones (excluding diaryl/α,β-unsaturated/α-hetero) is 1. The number of benzene rings is 2. The van der Waals surface area contributed by atoms with Gasteiger partial charge in [0.2, 0.25) is 5.78 Å². The minimum Gasteiger partial charge on any atom is -0.462 e. The summed E-state index contributed by atoms with van der Waals surface area (Å²) in [6.07, 6.45) is 3.38. The number of ether oxygens (including phenoxy) is 1. The molecule has 5 nitrogen and oxygen atoms in total. The average Bonchev–Trinajstić information content (AvgIpc) is 3.36. The van der Waals surface area contributed by atoms with Gasteiger partial charge >= 0.3 is 5.97 Å². The van der Waals surface area contributed by atoms with Crippen molar-refractivity contribution in [3.63, 3.8) is 0 Å². The van der Waals surface area contributed by atoms with Gasteiger partial charge in [-0.05, 0) is 31.2 Å². The summed E-state index contributed by atoms with van der Waals surface area (Å²) in [5, 5.41) is 0.788. The van der Waals surface area contributed by atoms with E-state index >= 15 is 0 Å². The van der Waals surface area contributed by atoms with Gasteiger partial charge in [0.05, 0.1) is 0 Å². The van der Waals surface area contributed by atoms with Crippen LogP contribution >= 0.6 is 0 Å². The van der Waals surface area contributed by atoms with Gasteiger partial charge in [-0.15, -0.1) is 0 Å². The van der Waals surface area contributed by atoms with Crippen molar-refractivity contribution in [1.82, 2.24) is 4.98 Å². The van der Waals surface area contributed by atoms with E-state index in [9.17, 15) is 9.59 Å². The molecule has 0 saturated heterocycles. The highest BCUT2D eigenvalue weighted by atomic mass is 16.5. The molecule has 0 bridgehead atoms. The van der Waals surface area contributed by atoms with E-state index in [4.69, 9.17) is 9.15 Å². The molecule has 29 heavy (non-hydrogen) atoms. The van der Waals surface area contributed by atoms with E-state index in [-0.39, 0.29) is 5.78 Å². The van der Waals surface area contributed by atoms with Crippen molar-refractivity contribution in [2.45, 2.75) is 13.0 Å². The molecule has 2 heterocycles. The Kier molecular flexibility index (Phi) is 5.12. The summed E-state index contributed by atoms with van der Waals surface area (Å²) in [6, 6.07) is 20.1. The first-order chi connectivity index (χ1) is 14.1. The van der Waals surface area contributed by atoms with E-state index in [0.717, 1.165) is 16.7 Å². The third-order valence-corrected chi connectivity index (χ3v) is 4.57. The van der Waals surface area contributed by atoms with Crippen LogP contribution in [0.2, 0.25) is 0 Å². The van der Waals surface area contributed by atoms with Gasteiger partial charge in [0, 0.05) is 34.3 Å². The van der Waals surface area contributed by atoms with Gasteiger partial charge < -0.3 is 14.1 Å². The maximum absolute atomic E-state index is 13.3. The molecule has 1 atom stereocenters. The number of furan rings is 1. The maximum atomic E-state index is 13.3. The number of para-hydroxylation sites is 1. The van der Waals surface area contributed by atoms with Crippen molar-refractivity contribution in [2.24, 2.45) is 0 Å². The number of ketones is 1. The zero-order valence-corrected chi connectivity index (χ0v) is 15.8. The Morgan fingerprint density at radius 2 is 1.76 bits per heavy atom. The number of carbonyl (C=O) groups is 2. The molecular weight excluding hydrogens is 366 g/mol. The quantitative estimate of drug-likeness (QED) is 0.279. The van der Waals surface area contributed by atoms with Crippen LogP contribution in [0.1, 0.15) is 33.5 Å². The van der Waals surface area contributed by atoms with E-state index in [1.165, 1.54) is 12.2 Å². The van der Waals surface area contributed by atoms with Gasteiger partial charge in [-0.3, -0.25) is 4.79 Å². The lowest BCUT2D eigenvalue weighted by Gasteiger charge is -2.16. The Hall–Kier alpha value is -3.86. The van der Waals surface area contributed by atoms with Crippen molar-refractivity contribution in [2.75, 3.05) is 0 Å². The fraction of sp³-hybridized carbons (Fsp3) is 0.0833. The zero-order chi connectivity index (χ0) is 20.2. The van der Waals surface area contributed by atoms with Gasteiger partial charge in [0.25, 0.3) is 0 Å². The molecule has 0 aliphatic heterocycles. The molecule has 2 aromatic carbocycles. The standard InChI is InChI=1S/C24H19NO4/c1-16-11-12-18(28-16)13-14-22(26)29-24(17-7-3-2-4-8-17)23(27)20-15-25-21-10-6-5-9-19(20)21/h2-15,24-25H,1H3. The molecule has 0 radical (unpaired) electrons. The number of nitrogens with one attached hydrogen (secondary N) is 1. The summed E-state index contributed by atoms with van der Waals surface area (Å²) in [5.74, 6) is 0.374. The summed E-state index contributed by atoms with van der Waals surface area (Å²) < 4.78 is 11.0. The summed E-state index contributed by atoms with van der Waals surface area (Å²) >= 11 is 0. The fourth-order valence-electron chi connectivity index (χ4n) is 3.17. The highest BCUT2D eigenvalue weighted by molar-refractivity contribution is 6.10. The lowest BCUT2D eigenvalue weighted by molar-refractivity contribution is -0.141. The number of esters is 1. The van der Waals surface area contributed by atoms with E-state index in [0.29, 0.717) is 16.9 Å². The first kappa shape index (κ1) is 18.5. The number of carbonyl (C=O) groups excluding carboxylic acids is 2. The smallest absolute Gasteiger partial charge is 0.331 e. The summed E-state index contributed by atoms with van der Waals surface area (Å²) in [4.78, 5) is 28.8. The van der Waals surface area contributed by atoms with Crippen LogP contribution in [0, 0.1) is 6.92 Å². The van der Waals surface area contributed by atoms with Crippen LogP contribution in [0.25, 0.3) is 17.0 Å². The van der Waals surface area contributed by atoms with Gasteiger partial charge in [0.1, 0.15) is 11.5 Å². The highest BCUT2D eigenvalue weighted by Gasteiger charge is 2.27. The molecule has 0 fully saturated rings. The number of hydrogen-bond acceptors (Lipinski definition) is 4. The van der Waals surface area contributed by atoms with Crippen LogP contribution in [0.15, 0.2) is 83.4 Å². The zero-order valence-electron chi connectivity index (χ0n) is 15.8. The van der Waals surface area contributed by atoms with E-state index in [1.807, 2.05) is 37.3 Å². The van der Waals surface area contributed by atoms with Crippen LogP contribution < -0.4 is 0 Å². The third kappa shape index (κ3) is 4.04. The molecular formula is C24H19NO4. The number of H-pyrrole nitrogens is 1. The second-order valence-electron chi connectivity index (χ2n) is 6.62. The monoisotopic (exact) mass is 385 g/mol. The molecule has 0 amide bonds. The number of aromatic nitrogens is 1. The van der Waals surface area contributed by atoms with Crippen LogP contribution in [-0.4, -0.2) is 16.7 Å². The van der Waals surface area contributed by atoms with Gasteiger partial charge in [-0.25, -0.2) is 4.79 Å². The van der Waals surface area contributed by atoms with Crippen molar-refractivity contribution < 1.29 is 18.7 Å². The first-order valence-electron chi connectivity index (χ1n) is 9.22. The molecule has 0 spiro atoms. The van der Waals surface area contributed by atoms with Crippen molar-refractivity contribution >= 4 is 28.7 Å². The van der Waals surface area contributed by atoms with Crippen molar-refractivity contribution in [3.05, 3.63) is 102 Å². The van der Waals surface area contributed by atoms with Crippen molar-refractivity contribution in [1.29, 1.82) is 0 Å². The lowest BCUT2D eigenvalue weighted by Crippen LogP contribution is -2.19. The number of aromatic amines is 1. The highest BCUT2D eigenvalue weighted by Crippen LogP contribution is 2.27. The predicted molar refractivity (Wildman–Crippen MR) is 110 cm³/mol. The molecule has 4 aromatic rings. The molecule has 1 N–H and O–H groups in total. The largest absolute Gasteiger partial charge is 0.462 e. The molecule has 0 aliphatic rings. The Morgan fingerprint density at radius 1 is 1.00 bits per heavy atom. The maximum Gasteiger partial charge on any atom is 0.331 e. The minimum absolute atomic E-state index is 0.288. The molecule has 0 saturated carbocycles. The van der Waals surface area contributed by atoms with E-state index < -0.39 is 12.1 Å². The number of fused-ring (bicyclic) bond motifs is 1. The van der Waals surface area contributed by atoms with Crippen LogP contribution in [0.4, 0.5) is 0 Å². The Morgan fingerprint density at radius 3 is 2.52 bits per heavy atom. The molecule has 0 aliphatic carbocycles. The Bertz CT molecular complexity index is 1180. The summed E-state index contributed by atoms with van der Waals surface area (Å²) in [7, 11) is 0. The van der Waals surface area contributed by atoms with Gasteiger partial charge in [-0.2, -0.15) is 0 Å². The van der Waals surface area contributed by atoms with Crippen LogP contribution in [0.5, 0.6) is 0 Å². The SMILES string of the molecule is Cc1ccc(C=CC(=O)OC(C(=O)c2c[nH]c3ccccc23)c2ccccc2)o1. The van der Waals surface area contributed by atoms with Gasteiger partial charge in [0.15, 0.2) is 6.10 Å². The third-order valence-electron chi connectivity index (χ3n) is 4.57. The van der Waals surface area contributed by atoms with E-state index in [2.05, 4.69) is 4.98 Å². The van der Waals surface area contributed by atoms with Gasteiger partial charge in [-0.1, -0.05) is 48.5 Å². The number of aryl methyl sites for hydroxylation is 1. The second kappa shape index (κ2) is 8.02. The van der Waals surface area contributed by atoms with Crippen LogP contribution in [0.3, 0.4) is 0 Å². The Labute approximate surface area is 167 Å². The minimum atomic E-state index is -1.05. The van der Waals surface area contributed by atoms with Crippen molar-refractivity contribution in [3.8, 4) is 0 Å². The van der Waals surface area contributed by atoms with E-state index in [1.54, 1.807) is 42.6 Å². The normalized spacial score (nSPS) is 12.3. The fourth-order valence-corrected chi connectivity index (χ4v) is 3.17. The number of rotatable bonds is 6. The molecule has 1 unspecified atom stereocenters. The summed E-state index contributed by atoms with van der Waals surface area (Å²) in [5.41, 5.74) is 1.94. The van der Waals surface area contributed by atoms with Crippen LogP contribution in [-0.2, 0) is 9.53 Å². The Balaban J connectivity index is 1.62. The predicted octanol–water partition coefficient (Wildman–Crippen LogP) is 5.25. The number of hydrogen-bond donors (Lipinski definition) is 1. The second-order valence-corrected chi connectivity index (χ2v) is 6.62.